The smallest absolute Gasteiger partial charge is 0.286 e. The zero-order valence-corrected chi connectivity index (χ0v) is 15.0. The van der Waals surface area contributed by atoms with E-state index in [2.05, 4.69) is 15.5 Å². The molecule has 8 heteroatoms. The first kappa shape index (κ1) is 18.2. The Hall–Kier alpha value is -2.64. The number of aromatic nitrogens is 2. The molecule has 0 aliphatic rings. The molecule has 3 aromatic rings. The highest BCUT2D eigenvalue weighted by molar-refractivity contribution is 7.15. The highest BCUT2D eigenvalue weighted by Crippen LogP contribution is 2.27. The summed E-state index contributed by atoms with van der Waals surface area (Å²) in [6.45, 7) is 1.94. The predicted molar refractivity (Wildman–Crippen MR) is 99.1 cm³/mol. The highest BCUT2D eigenvalue weighted by Gasteiger charge is 2.15. The standard InChI is InChI=1S/C18H12ClF2N3OS/c1-10-5-7-12(8-6-10)22-16(25)18-24-23-17(26-18)13(19)9-11-3-2-4-14(20)15(11)21/h2-9H,1H3,(H,22,25)/b13-9-. The van der Waals surface area contributed by atoms with Gasteiger partial charge in [-0.15, -0.1) is 10.2 Å². The second kappa shape index (κ2) is 7.72. The molecular formula is C18H12ClF2N3OS. The second-order valence-electron chi connectivity index (χ2n) is 5.37. The van der Waals surface area contributed by atoms with Crippen molar-refractivity contribution >= 4 is 45.6 Å². The van der Waals surface area contributed by atoms with Gasteiger partial charge in [-0.25, -0.2) is 8.78 Å². The van der Waals surface area contributed by atoms with E-state index in [4.69, 9.17) is 11.6 Å². The van der Waals surface area contributed by atoms with E-state index < -0.39 is 17.5 Å². The molecule has 0 unspecified atom stereocenters. The minimum Gasteiger partial charge on any atom is -0.320 e. The van der Waals surface area contributed by atoms with Crippen LogP contribution in [0.5, 0.6) is 0 Å². The third-order valence-electron chi connectivity index (χ3n) is 3.40. The molecular weight excluding hydrogens is 380 g/mol. The largest absolute Gasteiger partial charge is 0.320 e. The molecule has 1 N–H and O–H groups in total. The number of nitrogens with one attached hydrogen (secondary N) is 1. The Bertz CT molecular complexity index is 986. The molecule has 4 nitrogen and oxygen atoms in total. The number of aryl methyl sites for hydroxylation is 1. The second-order valence-corrected chi connectivity index (χ2v) is 6.75. The van der Waals surface area contributed by atoms with Crippen molar-refractivity contribution in [2.24, 2.45) is 0 Å². The molecule has 132 valence electrons. The minimum atomic E-state index is -1.01. The van der Waals surface area contributed by atoms with Crippen LogP contribution in [0.2, 0.25) is 0 Å². The van der Waals surface area contributed by atoms with Crippen LogP contribution < -0.4 is 5.32 Å². The molecule has 1 aromatic heterocycles. The lowest BCUT2D eigenvalue weighted by atomic mass is 10.2. The van der Waals surface area contributed by atoms with Crippen LogP contribution in [0.3, 0.4) is 0 Å². The lowest BCUT2D eigenvalue weighted by Gasteiger charge is -2.02. The summed E-state index contributed by atoms with van der Waals surface area (Å²) in [6, 6.07) is 11.0. The van der Waals surface area contributed by atoms with E-state index in [0.717, 1.165) is 23.0 Å². The fraction of sp³-hybridized carbons (Fsp3) is 0.0556. The van der Waals surface area contributed by atoms with Crippen molar-refractivity contribution in [2.75, 3.05) is 5.32 Å². The Morgan fingerprint density at radius 1 is 1.12 bits per heavy atom. The van der Waals surface area contributed by atoms with Crippen LogP contribution in [0.15, 0.2) is 42.5 Å². The van der Waals surface area contributed by atoms with E-state index in [1.54, 1.807) is 12.1 Å². The summed E-state index contributed by atoms with van der Waals surface area (Å²) in [6.07, 6.45) is 1.24. The molecule has 0 fully saturated rings. The fourth-order valence-corrected chi connectivity index (χ4v) is 2.98. The van der Waals surface area contributed by atoms with Gasteiger partial charge < -0.3 is 5.32 Å². The first-order valence-electron chi connectivity index (χ1n) is 7.47. The Morgan fingerprint density at radius 3 is 2.54 bits per heavy atom. The third kappa shape index (κ3) is 4.12. The maximum Gasteiger partial charge on any atom is 0.286 e. The molecule has 1 heterocycles. The predicted octanol–water partition coefficient (Wildman–Crippen LogP) is 5.11. The molecule has 0 bridgehead atoms. The molecule has 3 rings (SSSR count). The molecule has 0 aliphatic carbocycles. The summed E-state index contributed by atoms with van der Waals surface area (Å²) in [5.41, 5.74) is 1.68. The topological polar surface area (TPSA) is 54.9 Å². The van der Waals surface area contributed by atoms with Crippen molar-refractivity contribution in [1.29, 1.82) is 0 Å². The number of carbonyl (C=O) groups excluding carboxylic acids is 1. The number of halogens is 3. The van der Waals surface area contributed by atoms with Gasteiger partial charge in [0.1, 0.15) is 0 Å². The summed E-state index contributed by atoms with van der Waals surface area (Å²) < 4.78 is 27.0. The van der Waals surface area contributed by atoms with Crippen LogP contribution in [0.1, 0.15) is 25.9 Å². The number of nitrogens with zero attached hydrogens (tertiary/aromatic N) is 2. The molecule has 0 aliphatic heterocycles. The molecule has 0 saturated heterocycles. The van der Waals surface area contributed by atoms with E-state index in [0.29, 0.717) is 5.69 Å². The van der Waals surface area contributed by atoms with Crippen LogP contribution in [0, 0.1) is 18.6 Å². The molecule has 0 atom stereocenters. The van der Waals surface area contributed by atoms with Crippen LogP contribution in [0.4, 0.5) is 14.5 Å². The summed E-state index contributed by atoms with van der Waals surface area (Å²) >= 11 is 7.06. The van der Waals surface area contributed by atoms with Gasteiger partial charge in [-0.1, -0.05) is 52.8 Å². The lowest BCUT2D eigenvalue weighted by Crippen LogP contribution is -2.11. The first-order chi connectivity index (χ1) is 12.4. The quantitative estimate of drug-likeness (QED) is 0.672. The van der Waals surface area contributed by atoms with Gasteiger partial charge in [0.05, 0.1) is 5.03 Å². The number of carbonyl (C=O) groups is 1. The van der Waals surface area contributed by atoms with Crippen molar-refractivity contribution in [3.63, 3.8) is 0 Å². The number of anilines is 1. The summed E-state index contributed by atoms with van der Waals surface area (Å²) in [5.74, 6) is -2.41. The number of hydrogen-bond acceptors (Lipinski definition) is 4. The van der Waals surface area contributed by atoms with Gasteiger partial charge in [-0.05, 0) is 31.2 Å². The van der Waals surface area contributed by atoms with Gasteiger partial charge in [-0.3, -0.25) is 4.79 Å². The van der Waals surface area contributed by atoms with E-state index in [1.165, 1.54) is 18.2 Å². The van der Waals surface area contributed by atoms with Gasteiger partial charge in [0, 0.05) is 11.3 Å². The number of amides is 1. The van der Waals surface area contributed by atoms with E-state index >= 15 is 0 Å². The maximum atomic E-state index is 13.7. The van der Waals surface area contributed by atoms with Crippen molar-refractivity contribution in [1.82, 2.24) is 10.2 Å². The number of benzene rings is 2. The molecule has 0 saturated carbocycles. The summed E-state index contributed by atoms with van der Waals surface area (Å²) in [4.78, 5) is 12.2. The third-order valence-corrected chi connectivity index (χ3v) is 4.75. The first-order valence-corrected chi connectivity index (χ1v) is 8.66. The number of rotatable bonds is 4. The number of hydrogen-bond donors (Lipinski definition) is 1. The monoisotopic (exact) mass is 391 g/mol. The average molecular weight is 392 g/mol. The maximum absolute atomic E-state index is 13.7. The van der Waals surface area contributed by atoms with E-state index in [-0.39, 0.29) is 20.6 Å². The van der Waals surface area contributed by atoms with Crippen molar-refractivity contribution < 1.29 is 13.6 Å². The summed E-state index contributed by atoms with van der Waals surface area (Å²) in [5, 5.41) is 10.7. The Kier molecular flexibility index (Phi) is 5.39. The van der Waals surface area contributed by atoms with Crippen LogP contribution in [-0.4, -0.2) is 16.1 Å². The van der Waals surface area contributed by atoms with Gasteiger partial charge in [0.25, 0.3) is 5.91 Å². The molecule has 2 aromatic carbocycles. The SMILES string of the molecule is Cc1ccc(NC(=O)c2nnc(/C(Cl)=C/c3cccc(F)c3F)s2)cc1. The molecule has 1 amide bonds. The van der Waals surface area contributed by atoms with Gasteiger partial charge in [-0.2, -0.15) is 0 Å². The summed E-state index contributed by atoms with van der Waals surface area (Å²) in [7, 11) is 0. The van der Waals surface area contributed by atoms with Gasteiger partial charge >= 0.3 is 0 Å². The van der Waals surface area contributed by atoms with E-state index in [9.17, 15) is 13.6 Å². The zero-order chi connectivity index (χ0) is 18.7. The van der Waals surface area contributed by atoms with Gasteiger partial charge in [0.2, 0.25) is 5.01 Å². The van der Waals surface area contributed by atoms with Gasteiger partial charge in [0.15, 0.2) is 16.6 Å². The highest BCUT2D eigenvalue weighted by atomic mass is 35.5. The van der Waals surface area contributed by atoms with Crippen molar-refractivity contribution in [2.45, 2.75) is 6.92 Å². The van der Waals surface area contributed by atoms with Crippen LogP contribution >= 0.6 is 22.9 Å². The van der Waals surface area contributed by atoms with Crippen molar-refractivity contribution in [3.05, 3.63) is 75.2 Å². The lowest BCUT2D eigenvalue weighted by molar-refractivity contribution is 0.102. The van der Waals surface area contributed by atoms with E-state index in [1.807, 2.05) is 19.1 Å². The fourth-order valence-electron chi connectivity index (χ4n) is 2.06. The van der Waals surface area contributed by atoms with Crippen molar-refractivity contribution in [3.8, 4) is 0 Å². The van der Waals surface area contributed by atoms with Crippen LogP contribution in [-0.2, 0) is 0 Å². The van der Waals surface area contributed by atoms with Crippen LogP contribution in [0.25, 0.3) is 11.1 Å². The minimum absolute atomic E-state index is 0.0177. The molecule has 0 radical (unpaired) electrons. The zero-order valence-electron chi connectivity index (χ0n) is 13.5. The Morgan fingerprint density at radius 2 is 1.81 bits per heavy atom. The Balaban J connectivity index is 1.78. The Labute approximate surface area is 157 Å². The normalized spacial score (nSPS) is 11.5. The average Bonchev–Trinajstić information content (AvgIpc) is 3.11. The molecule has 26 heavy (non-hydrogen) atoms. The molecule has 0 spiro atoms.